The molecule has 34 heavy (non-hydrogen) atoms. The number of aromatic nitrogens is 2. The van der Waals surface area contributed by atoms with Gasteiger partial charge in [0.05, 0.1) is 15.6 Å². The van der Waals surface area contributed by atoms with Gasteiger partial charge >= 0.3 is 17.7 Å². The van der Waals surface area contributed by atoms with Crippen molar-refractivity contribution in [2.45, 2.75) is 19.4 Å². The zero-order valence-electron chi connectivity index (χ0n) is 18.3. The smallest absolute Gasteiger partial charge is 0.346 e. The first kappa shape index (κ1) is 25.5. The van der Waals surface area contributed by atoms with Gasteiger partial charge in [-0.1, -0.05) is 36.2 Å². The maximum Gasteiger partial charge on any atom is 0.346 e. The van der Waals surface area contributed by atoms with E-state index in [1.807, 2.05) is 6.92 Å². The van der Waals surface area contributed by atoms with Crippen LogP contribution in [0.3, 0.4) is 0 Å². The minimum Gasteiger partial charge on any atom is -0.480 e. The number of hydrogen-bond donors (Lipinski definition) is 4. The first-order chi connectivity index (χ1) is 16.2. The predicted octanol–water partition coefficient (Wildman–Crippen LogP) is 1.67. The van der Waals surface area contributed by atoms with Gasteiger partial charge < -0.3 is 25.5 Å². The molecule has 1 aromatic carbocycles. The topological polar surface area (TPSA) is 148 Å². The van der Waals surface area contributed by atoms with Crippen LogP contribution in [0.2, 0.25) is 10.0 Å². The Morgan fingerprint density at radius 1 is 1.18 bits per heavy atom. The number of piperazine rings is 1. The Balaban J connectivity index is 1.77. The highest BCUT2D eigenvalue weighted by Gasteiger charge is 2.27. The van der Waals surface area contributed by atoms with E-state index >= 15 is 0 Å². The molecule has 3 amide bonds. The lowest BCUT2D eigenvalue weighted by atomic mass is 10.1. The number of amides is 3. The summed E-state index contributed by atoms with van der Waals surface area (Å²) in [6.07, 6.45) is 0.899. The van der Waals surface area contributed by atoms with Crippen LogP contribution in [-0.2, 0) is 11.2 Å². The number of nitrogens with one attached hydrogen (secondary N) is 3. The van der Waals surface area contributed by atoms with E-state index < -0.39 is 29.6 Å². The largest absolute Gasteiger partial charge is 0.480 e. The summed E-state index contributed by atoms with van der Waals surface area (Å²) in [7, 11) is 0. The summed E-state index contributed by atoms with van der Waals surface area (Å²) in [5.41, 5.74) is -0.572. The Morgan fingerprint density at radius 3 is 2.41 bits per heavy atom. The van der Waals surface area contributed by atoms with Gasteiger partial charge in [0.2, 0.25) is 0 Å². The van der Waals surface area contributed by atoms with Gasteiger partial charge in [-0.25, -0.2) is 19.4 Å². The third kappa shape index (κ3) is 6.25. The molecular weight excluding hydrogens is 487 g/mol. The van der Waals surface area contributed by atoms with Crippen LogP contribution in [0.15, 0.2) is 29.2 Å². The van der Waals surface area contributed by atoms with Crippen molar-refractivity contribution in [1.82, 2.24) is 25.1 Å². The number of rotatable bonds is 7. The van der Waals surface area contributed by atoms with Crippen molar-refractivity contribution in [2.75, 3.05) is 38.0 Å². The normalized spacial score (nSPS) is 15.0. The molecule has 1 aliphatic heterocycles. The van der Waals surface area contributed by atoms with Crippen LogP contribution in [0, 0.1) is 0 Å². The number of aliphatic carboxylic acids is 1. The average Bonchev–Trinajstić information content (AvgIpc) is 2.80. The van der Waals surface area contributed by atoms with Crippen LogP contribution < -0.4 is 16.3 Å². The monoisotopic (exact) mass is 510 g/mol. The number of likely N-dealkylation sites (N-methyl/N-ethyl adjacent to an activating group) is 1. The molecule has 1 aromatic heterocycles. The fourth-order valence-electron chi connectivity index (χ4n) is 3.51. The molecule has 1 unspecified atom stereocenters. The van der Waals surface area contributed by atoms with E-state index in [2.05, 4.69) is 25.5 Å². The summed E-state index contributed by atoms with van der Waals surface area (Å²) in [6.45, 7) is 5.27. The maximum atomic E-state index is 12.8. The highest BCUT2D eigenvalue weighted by molar-refractivity contribution is 6.40. The van der Waals surface area contributed by atoms with Crippen LogP contribution in [0.1, 0.15) is 22.8 Å². The molecule has 3 rings (SSSR count). The summed E-state index contributed by atoms with van der Waals surface area (Å²) >= 11 is 12.1. The lowest BCUT2D eigenvalue weighted by Gasteiger charge is -2.34. The second-order valence-corrected chi connectivity index (χ2v) is 8.42. The molecule has 1 fully saturated rings. The van der Waals surface area contributed by atoms with Gasteiger partial charge in [-0.2, -0.15) is 0 Å². The number of H-pyrrole nitrogens is 1. The van der Waals surface area contributed by atoms with Crippen LogP contribution in [0.4, 0.5) is 10.6 Å². The van der Waals surface area contributed by atoms with Gasteiger partial charge in [-0.15, -0.1) is 0 Å². The van der Waals surface area contributed by atoms with Crippen molar-refractivity contribution < 1.29 is 19.5 Å². The van der Waals surface area contributed by atoms with Crippen molar-refractivity contribution in [1.29, 1.82) is 0 Å². The van der Waals surface area contributed by atoms with Gasteiger partial charge in [0.25, 0.3) is 5.91 Å². The van der Waals surface area contributed by atoms with Crippen molar-refractivity contribution in [3.63, 3.8) is 0 Å². The minimum atomic E-state index is -1.33. The Hall–Kier alpha value is -3.15. The van der Waals surface area contributed by atoms with Crippen LogP contribution in [0.5, 0.6) is 0 Å². The molecule has 1 aliphatic rings. The molecule has 0 radical (unpaired) electrons. The first-order valence-corrected chi connectivity index (χ1v) is 11.3. The molecule has 0 bridgehead atoms. The summed E-state index contributed by atoms with van der Waals surface area (Å²) < 4.78 is 0. The standard InChI is InChI=1S/C21H24Cl2N6O5/c1-2-28-6-8-29(9-7-28)21(34)25-15(19(31)32)10-12-11-24-20(33)27-17(12)26-18(30)16-13(22)4-3-5-14(16)23/h3-5,11,15H,2,6-10H2,1H3,(H,25,34)(H,31,32)(H2,24,26,27,30,33). The van der Waals surface area contributed by atoms with Crippen molar-refractivity contribution >= 4 is 46.9 Å². The van der Waals surface area contributed by atoms with Gasteiger partial charge in [0.15, 0.2) is 0 Å². The lowest BCUT2D eigenvalue weighted by Crippen LogP contribution is -2.55. The SMILES string of the molecule is CCN1CCN(C(=O)NC(Cc2cnc(=O)[nH]c2NC(=O)c2c(Cl)cccc2Cl)C(=O)O)CC1. The summed E-state index contributed by atoms with van der Waals surface area (Å²) in [5.74, 6) is -2.06. The molecule has 11 nitrogen and oxygen atoms in total. The first-order valence-electron chi connectivity index (χ1n) is 10.5. The number of carbonyl (C=O) groups is 3. The minimum absolute atomic E-state index is 0.0104. The molecule has 0 saturated carbocycles. The zero-order chi connectivity index (χ0) is 24.8. The average molecular weight is 511 g/mol. The van der Waals surface area contributed by atoms with Crippen molar-refractivity contribution in [3.8, 4) is 0 Å². The number of benzene rings is 1. The highest BCUT2D eigenvalue weighted by atomic mass is 35.5. The number of aromatic amines is 1. The van der Waals surface area contributed by atoms with Crippen LogP contribution >= 0.6 is 23.2 Å². The molecule has 0 aliphatic carbocycles. The second kappa shape index (κ2) is 11.3. The van der Waals surface area contributed by atoms with Crippen LogP contribution in [-0.4, -0.2) is 81.5 Å². The molecule has 182 valence electrons. The number of halogens is 2. The molecule has 1 saturated heterocycles. The van der Waals surface area contributed by atoms with E-state index in [0.717, 1.165) is 12.7 Å². The van der Waals surface area contributed by atoms with Crippen molar-refractivity contribution in [2.24, 2.45) is 0 Å². The third-order valence-electron chi connectivity index (χ3n) is 5.45. The molecule has 1 atom stereocenters. The Kier molecular flexibility index (Phi) is 8.48. The molecule has 4 N–H and O–H groups in total. The molecule has 2 aromatic rings. The van der Waals surface area contributed by atoms with E-state index in [-0.39, 0.29) is 33.4 Å². The molecule has 13 heteroatoms. The summed E-state index contributed by atoms with van der Waals surface area (Å²) in [5, 5.41) is 14.9. The van der Waals surface area contributed by atoms with E-state index in [4.69, 9.17) is 23.2 Å². The number of carboxylic acid groups (broad SMARTS) is 1. The Labute approximate surface area is 205 Å². The number of anilines is 1. The fourth-order valence-corrected chi connectivity index (χ4v) is 4.07. The predicted molar refractivity (Wildman–Crippen MR) is 127 cm³/mol. The Bertz CT molecular complexity index is 1110. The van der Waals surface area contributed by atoms with E-state index in [0.29, 0.717) is 26.2 Å². The highest BCUT2D eigenvalue weighted by Crippen LogP contribution is 2.25. The van der Waals surface area contributed by atoms with Gasteiger partial charge in [-0.3, -0.25) is 9.78 Å². The summed E-state index contributed by atoms with van der Waals surface area (Å²) in [4.78, 5) is 58.8. The van der Waals surface area contributed by atoms with Gasteiger partial charge in [0.1, 0.15) is 11.9 Å². The zero-order valence-corrected chi connectivity index (χ0v) is 19.8. The Morgan fingerprint density at radius 2 is 1.82 bits per heavy atom. The lowest BCUT2D eigenvalue weighted by molar-refractivity contribution is -0.139. The second-order valence-electron chi connectivity index (χ2n) is 7.61. The molecule has 2 heterocycles. The fraction of sp³-hybridized carbons (Fsp3) is 0.381. The van der Waals surface area contributed by atoms with Crippen LogP contribution in [0.25, 0.3) is 0 Å². The van der Waals surface area contributed by atoms with Gasteiger partial charge in [-0.05, 0) is 18.7 Å². The van der Waals surface area contributed by atoms with E-state index in [1.54, 1.807) is 11.0 Å². The number of carbonyl (C=O) groups excluding carboxylic acids is 2. The number of urea groups is 1. The molecular formula is C21H24Cl2N6O5. The number of nitrogens with zero attached hydrogens (tertiary/aromatic N) is 3. The maximum absolute atomic E-state index is 12.8. The summed E-state index contributed by atoms with van der Waals surface area (Å²) in [6, 6.07) is 2.70. The van der Waals surface area contributed by atoms with E-state index in [9.17, 15) is 24.3 Å². The third-order valence-corrected chi connectivity index (χ3v) is 6.08. The quantitative estimate of drug-likeness (QED) is 0.442. The number of carboxylic acids is 1. The number of hydrogen-bond acceptors (Lipinski definition) is 6. The van der Waals surface area contributed by atoms with Crippen molar-refractivity contribution in [3.05, 3.63) is 56.1 Å². The molecule has 0 spiro atoms. The van der Waals surface area contributed by atoms with Gasteiger partial charge in [0, 0.05) is 44.4 Å². The van der Waals surface area contributed by atoms with E-state index in [1.165, 1.54) is 12.1 Å².